The fourth-order valence-corrected chi connectivity index (χ4v) is 11.5. The van der Waals surface area contributed by atoms with Gasteiger partial charge < -0.3 is 10.2 Å². The molecule has 3 saturated carbocycles. The maximum Gasteiger partial charge on any atom is 0.309 e. The van der Waals surface area contributed by atoms with Crippen molar-refractivity contribution in [3.63, 3.8) is 0 Å². The summed E-state index contributed by atoms with van der Waals surface area (Å²) < 4.78 is 0. The van der Waals surface area contributed by atoms with Crippen LogP contribution in [0.25, 0.3) is 0 Å². The van der Waals surface area contributed by atoms with E-state index in [1.807, 2.05) is 13.8 Å². The number of allylic oxidation sites excluding steroid dienone is 7. The Labute approximate surface area is 267 Å². The SMILES string of the molecule is C=C[C@@]1(C)C=C2CC[C@H]3[C@](C)(C(=O)O)CCC[C@@]3(C)C2CC1.CC(C)C1=CC2=CC[C@@H]3[C@](C)(CCC[C@@]3(C)C(=O)O)[C@H]2CC1. The molecular formula is C40H60O4. The zero-order valence-corrected chi connectivity index (χ0v) is 28.8. The van der Waals surface area contributed by atoms with Crippen LogP contribution in [0.4, 0.5) is 0 Å². The Morgan fingerprint density at radius 2 is 1.41 bits per heavy atom. The Bertz CT molecular complexity index is 1270. The number of rotatable bonds is 4. The average molecular weight is 605 g/mol. The van der Waals surface area contributed by atoms with Crippen LogP contribution in [0.3, 0.4) is 0 Å². The first-order valence-electron chi connectivity index (χ1n) is 17.8. The number of carboxylic acids is 2. The highest BCUT2D eigenvalue weighted by Gasteiger charge is 2.59. The largest absolute Gasteiger partial charge is 0.481 e. The summed E-state index contributed by atoms with van der Waals surface area (Å²) in [6, 6.07) is 0. The van der Waals surface area contributed by atoms with Crippen molar-refractivity contribution < 1.29 is 19.8 Å². The summed E-state index contributed by atoms with van der Waals surface area (Å²) in [5, 5.41) is 19.7. The summed E-state index contributed by atoms with van der Waals surface area (Å²) >= 11 is 0. The Hall–Kier alpha value is -2.10. The Balaban J connectivity index is 0.000000175. The monoisotopic (exact) mass is 604 g/mol. The molecule has 0 amide bonds. The fourth-order valence-electron chi connectivity index (χ4n) is 11.5. The molecule has 0 spiro atoms. The molecule has 2 N–H and O–H groups in total. The van der Waals surface area contributed by atoms with Crippen LogP contribution in [0.2, 0.25) is 0 Å². The van der Waals surface area contributed by atoms with E-state index in [9.17, 15) is 19.8 Å². The van der Waals surface area contributed by atoms with Crippen LogP contribution in [0, 0.1) is 56.7 Å². The molecule has 6 aliphatic rings. The van der Waals surface area contributed by atoms with E-state index in [4.69, 9.17) is 0 Å². The molecule has 6 rings (SSSR count). The molecule has 1 unspecified atom stereocenters. The third kappa shape index (κ3) is 5.28. The smallest absolute Gasteiger partial charge is 0.309 e. The van der Waals surface area contributed by atoms with Gasteiger partial charge in [0.15, 0.2) is 0 Å². The number of carbonyl (C=O) groups is 2. The Kier molecular flexibility index (Phi) is 8.78. The summed E-state index contributed by atoms with van der Waals surface area (Å²) in [6.07, 6.45) is 23.3. The van der Waals surface area contributed by atoms with Gasteiger partial charge in [-0.2, -0.15) is 0 Å². The molecule has 0 aromatic rings. The first kappa shape index (κ1) is 33.3. The lowest BCUT2D eigenvalue weighted by atomic mass is 9.45. The molecule has 4 nitrogen and oxygen atoms in total. The minimum atomic E-state index is -0.588. The molecule has 9 atom stereocenters. The lowest BCUT2D eigenvalue weighted by Crippen LogP contribution is -2.54. The highest BCUT2D eigenvalue weighted by atomic mass is 16.4. The number of aliphatic carboxylic acids is 2. The zero-order valence-electron chi connectivity index (χ0n) is 28.8. The second-order valence-corrected chi connectivity index (χ2v) is 17.2. The van der Waals surface area contributed by atoms with Crippen molar-refractivity contribution in [2.24, 2.45) is 56.7 Å². The van der Waals surface area contributed by atoms with Gasteiger partial charge in [-0.1, -0.05) is 82.9 Å². The molecule has 44 heavy (non-hydrogen) atoms. The summed E-state index contributed by atoms with van der Waals surface area (Å²) in [7, 11) is 0. The van der Waals surface area contributed by atoms with Crippen molar-refractivity contribution in [3.8, 4) is 0 Å². The van der Waals surface area contributed by atoms with E-state index in [1.54, 1.807) is 11.1 Å². The lowest BCUT2D eigenvalue weighted by molar-refractivity contribution is -0.164. The predicted octanol–water partition coefficient (Wildman–Crippen LogP) is 10.4. The van der Waals surface area contributed by atoms with Crippen molar-refractivity contribution in [2.45, 2.75) is 132 Å². The molecular weight excluding hydrogens is 544 g/mol. The second kappa shape index (κ2) is 11.6. The van der Waals surface area contributed by atoms with Crippen molar-refractivity contribution in [1.29, 1.82) is 0 Å². The van der Waals surface area contributed by atoms with E-state index in [0.717, 1.165) is 51.4 Å². The van der Waals surface area contributed by atoms with Gasteiger partial charge >= 0.3 is 11.9 Å². The molecule has 244 valence electrons. The van der Waals surface area contributed by atoms with Gasteiger partial charge in [0.1, 0.15) is 0 Å². The van der Waals surface area contributed by atoms with E-state index in [2.05, 4.69) is 65.5 Å². The second-order valence-electron chi connectivity index (χ2n) is 17.2. The van der Waals surface area contributed by atoms with Crippen molar-refractivity contribution in [1.82, 2.24) is 0 Å². The van der Waals surface area contributed by atoms with Gasteiger partial charge in [0, 0.05) is 5.41 Å². The van der Waals surface area contributed by atoms with Gasteiger partial charge in [0.2, 0.25) is 0 Å². The van der Waals surface area contributed by atoms with Crippen LogP contribution in [-0.4, -0.2) is 22.2 Å². The minimum Gasteiger partial charge on any atom is -0.481 e. The topological polar surface area (TPSA) is 74.6 Å². The van der Waals surface area contributed by atoms with Crippen LogP contribution in [0.1, 0.15) is 132 Å². The lowest BCUT2D eigenvalue weighted by Gasteiger charge is -2.59. The van der Waals surface area contributed by atoms with Gasteiger partial charge in [0.05, 0.1) is 10.8 Å². The van der Waals surface area contributed by atoms with Crippen molar-refractivity contribution in [3.05, 3.63) is 47.6 Å². The van der Waals surface area contributed by atoms with Crippen molar-refractivity contribution in [2.75, 3.05) is 0 Å². The van der Waals surface area contributed by atoms with Gasteiger partial charge in [-0.15, -0.1) is 6.58 Å². The number of hydrogen-bond acceptors (Lipinski definition) is 2. The van der Waals surface area contributed by atoms with Crippen LogP contribution in [0.15, 0.2) is 47.6 Å². The highest BCUT2D eigenvalue weighted by Crippen LogP contribution is 2.64. The number of hydrogen-bond donors (Lipinski definition) is 2. The summed E-state index contributed by atoms with van der Waals surface area (Å²) in [4.78, 5) is 23.9. The molecule has 0 saturated heterocycles. The zero-order chi connectivity index (χ0) is 32.3. The Morgan fingerprint density at radius 1 is 0.818 bits per heavy atom. The fraction of sp³-hybridized carbons (Fsp3) is 0.750. The van der Waals surface area contributed by atoms with E-state index >= 15 is 0 Å². The first-order valence-corrected chi connectivity index (χ1v) is 17.8. The minimum absolute atomic E-state index is 0.139. The van der Waals surface area contributed by atoms with Crippen LogP contribution in [-0.2, 0) is 9.59 Å². The molecule has 0 radical (unpaired) electrons. The number of carboxylic acid groups (broad SMARTS) is 2. The molecule has 0 aliphatic heterocycles. The highest BCUT2D eigenvalue weighted by molar-refractivity contribution is 5.75. The maximum atomic E-state index is 12.0. The maximum absolute atomic E-state index is 12.0. The Morgan fingerprint density at radius 3 is 1.98 bits per heavy atom. The summed E-state index contributed by atoms with van der Waals surface area (Å²) in [5.74, 6) is 1.21. The third-order valence-corrected chi connectivity index (χ3v) is 14.5. The summed E-state index contributed by atoms with van der Waals surface area (Å²) in [6.45, 7) is 19.6. The van der Waals surface area contributed by atoms with E-state index in [0.29, 0.717) is 23.7 Å². The number of fused-ring (bicyclic) bond motifs is 6. The van der Waals surface area contributed by atoms with Gasteiger partial charge in [-0.25, -0.2) is 0 Å². The molecule has 0 heterocycles. The van der Waals surface area contributed by atoms with E-state index in [-0.39, 0.29) is 22.2 Å². The van der Waals surface area contributed by atoms with Gasteiger partial charge in [0.25, 0.3) is 0 Å². The van der Waals surface area contributed by atoms with Crippen LogP contribution in [0.5, 0.6) is 0 Å². The van der Waals surface area contributed by atoms with Gasteiger partial charge in [-0.05, 0) is 130 Å². The van der Waals surface area contributed by atoms with Crippen LogP contribution < -0.4 is 0 Å². The standard InChI is InChI=1S/2C20H30O2/c1-13(2)14-6-8-16-15(12-14)7-9-17-19(16,3)10-5-11-20(17,4)18(21)22;1-5-18(2)12-9-15-14(13-18)7-8-16-19(15,3)10-6-11-20(16,4)17(21)22/h7,12-13,16-17H,5-6,8-11H2,1-4H3,(H,21,22);5,13,15-16H,1,6-12H2,2-4H3,(H,21,22)/t16-,17+,19+,20+;15?,16-,18-,19+,20-/m01/s1. The quantitative estimate of drug-likeness (QED) is 0.313. The molecule has 0 bridgehead atoms. The molecule has 3 fully saturated rings. The summed E-state index contributed by atoms with van der Waals surface area (Å²) in [5.41, 5.74) is 4.05. The third-order valence-electron chi connectivity index (χ3n) is 14.5. The van der Waals surface area contributed by atoms with Crippen LogP contribution >= 0.6 is 0 Å². The van der Waals surface area contributed by atoms with E-state index in [1.165, 1.54) is 37.7 Å². The molecule has 6 aliphatic carbocycles. The van der Waals surface area contributed by atoms with E-state index < -0.39 is 22.8 Å². The van der Waals surface area contributed by atoms with Gasteiger partial charge in [-0.3, -0.25) is 9.59 Å². The van der Waals surface area contributed by atoms with Crippen molar-refractivity contribution >= 4 is 11.9 Å². The average Bonchev–Trinajstić information content (AvgIpc) is 2.96. The molecule has 0 aromatic heterocycles. The molecule has 4 heteroatoms. The normalized spacial score (nSPS) is 44.6. The predicted molar refractivity (Wildman–Crippen MR) is 179 cm³/mol. The first-order chi connectivity index (χ1) is 20.5. The molecule has 0 aromatic carbocycles.